The average molecular weight is 443 g/mol. The van der Waals surface area contributed by atoms with Crippen molar-refractivity contribution in [3.05, 3.63) is 75.0 Å². The molecule has 0 spiro atoms. The Kier molecular flexibility index (Phi) is 6.32. The van der Waals surface area contributed by atoms with E-state index in [1.165, 1.54) is 11.3 Å². The largest absolute Gasteiger partial charge is 0.368 e. The van der Waals surface area contributed by atoms with Crippen molar-refractivity contribution in [3.8, 4) is 0 Å². The Morgan fingerprint density at radius 2 is 2.20 bits per heavy atom. The second-order valence-corrected chi connectivity index (χ2v) is 8.63. The number of carbonyl (C=O) groups is 1. The second kappa shape index (κ2) is 9.12. The molecule has 1 unspecified atom stereocenters. The van der Waals surface area contributed by atoms with Crippen LogP contribution in [0.5, 0.6) is 0 Å². The van der Waals surface area contributed by atoms with E-state index in [2.05, 4.69) is 27.4 Å². The van der Waals surface area contributed by atoms with Gasteiger partial charge in [-0.2, -0.15) is 0 Å². The average Bonchev–Trinajstić information content (AvgIpc) is 3.14. The number of benzene rings is 1. The number of anilines is 1. The number of carbonyl (C=O) groups excluding carboxylic acids is 1. The molecule has 3 heterocycles. The fourth-order valence-corrected chi connectivity index (χ4v) is 4.57. The normalized spacial score (nSPS) is 16.5. The van der Waals surface area contributed by atoms with Gasteiger partial charge in [0.15, 0.2) is 5.13 Å². The van der Waals surface area contributed by atoms with E-state index in [1.807, 2.05) is 42.3 Å². The highest BCUT2D eigenvalue weighted by molar-refractivity contribution is 7.17. The van der Waals surface area contributed by atoms with Gasteiger partial charge in [0.2, 0.25) is 0 Å². The third kappa shape index (κ3) is 4.64. The predicted molar refractivity (Wildman–Crippen MR) is 119 cm³/mol. The number of rotatable bonds is 5. The highest BCUT2D eigenvalue weighted by atomic mass is 35.5. The minimum absolute atomic E-state index is 0.00243. The van der Waals surface area contributed by atoms with Gasteiger partial charge >= 0.3 is 0 Å². The van der Waals surface area contributed by atoms with Gasteiger partial charge in [-0.15, -0.1) is 0 Å². The third-order valence-corrected chi connectivity index (χ3v) is 6.43. The molecular weight excluding hydrogens is 420 g/mol. The van der Waals surface area contributed by atoms with Crippen molar-refractivity contribution < 1.29 is 9.53 Å². The summed E-state index contributed by atoms with van der Waals surface area (Å²) in [4.78, 5) is 24.5. The Bertz CT molecular complexity index is 1040. The molecule has 0 bridgehead atoms. The van der Waals surface area contributed by atoms with Gasteiger partial charge in [0.05, 0.1) is 24.5 Å². The summed E-state index contributed by atoms with van der Waals surface area (Å²) in [5, 5.41) is 4.48. The van der Waals surface area contributed by atoms with Gasteiger partial charge in [0.25, 0.3) is 5.91 Å². The maximum absolute atomic E-state index is 13.0. The van der Waals surface area contributed by atoms with Gasteiger partial charge in [-0.25, -0.2) is 4.98 Å². The number of halogens is 1. The van der Waals surface area contributed by atoms with Crippen molar-refractivity contribution in [1.29, 1.82) is 0 Å². The summed E-state index contributed by atoms with van der Waals surface area (Å²) in [5.41, 5.74) is 3.83. The van der Waals surface area contributed by atoms with E-state index in [9.17, 15) is 4.79 Å². The van der Waals surface area contributed by atoms with Crippen molar-refractivity contribution in [2.24, 2.45) is 0 Å². The van der Waals surface area contributed by atoms with Crippen molar-refractivity contribution in [1.82, 2.24) is 14.9 Å². The van der Waals surface area contributed by atoms with Gasteiger partial charge in [0, 0.05) is 24.8 Å². The molecule has 6 nitrogen and oxygen atoms in total. The number of thiazole rings is 1. The van der Waals surface area contributed by atoms with Gasteiger partial charge in [-0.05, 0) is 42.7 Å². The fourth-order valence-electron chi connectivity index (χ4n) is 3.47. The van der Waals surface area contributed by atoms with Gasteiger partial charge < -0.3 is 15.0 Å². The molecule has 1 fully saturated rings. The Morgan fingerprint density at radius 3 is 2.90 bits per heavy atom. The maximum atomic E-state index is 13.0. The van der Waals surface area contributed by atoms with E-state index >= 15 is 0 Å². The first kappa shape index (κ1) is 20.8. The lowest BCUT2D eigenvalue weighted by molar-refractivity contribution is -0.0246. The molecule has 1 aliphatic rings. The number of pyridine rings is 1. The highest BCUT2D eigenvalue weighted by Crippen LogP contribution is 2.27. The molecule has 0 saturated carbocycles. The van der Waals surface area contributed by atoms with Crippen molar-refractivity contribution in [2.75, 3.05) is 32.1 Å². The third-order valence-electron chi connectivity index (χ3n) is 5.03. The SMILES string of the molecule is CNc1nc(C)c(C(=O)N2CCOC(c3ccc(Cc4cccc(Cl)c4)cn3)C2)s1. The molecule has 156 valence electrons. The van der Waals surface area contributed by atoms with Crippen molar-refractivity contribution >= 4 is 34.0 Å². The number of aryl methyl sites for hydroxylation is 1. The lowest BCUT2D eigenvalue weighted by Gasteiger charge is -2.32. The van der Waals surface area contributed by atoms with E-state index in [0.717, 1.165) is 39.1 Å². The Labute approximate surface area is 184 Å². The van der Waals surface area contributed by atoms with Crippen LogP contribution in [-0.2, 0) is 11.2 Å². The van der Waals surface area contributed by atoms with Crippen molar-refractivity contribution in [3.63, 3.8) is 0 Å². The standard InChI is InChI=1S/C22H23ClN4O2S/c1-14-20(30-22(24-2)26-14)21(28)27-8-9-29-19(13-27)18-7-6-16(12-25-18)10-15-4-3-5-17(23)11-15/h3-7,11-12,19H,8-10,13H2,1-2H3,(H,24,26). The topological polar surface area (TPSA) is 67.4 Å². The lowest BCUT2D eigenvalue weighted by atomic mass is 10.1. The van der Waals surface area contributed by atoms with Crippen LogP contribution in [0.4, 0.5) is 5.13 Å². The molecule has 0 radical (unpaired) electrons. The zero-order valence-electron chi connectivity index (χ0n) is 16.9. The number of nitrogens with zero attached hydrogens (tertiary/aromatic N) is 3. The van der Waals surface area contributed by atoms with E-state index in [-0.39, 0.29) is 12.0 Å². The Balaban J connectivity index is 1.44. The molecule has 1 saturated heterocycles. The number of hydrogen-bond donors (Lipinski definition) is 1. The molecule has 1 aliphatic heterocycles. The van der Waals surface area contributed by atoms with Crippen LogP contribution in [0.1, 0.15) is 38.3 Å². The van der Waals surface area contributed by atoms with E-state index < -0.39 is 0 Å². The van der Waals surface area contributed by atoms with E-state index in [4.69, 9.17) is 16.3 Å². The summed E-state index contributed by atoms with van der Waals surface area (Å²) in [6.07, 6.45) is 2.40. The smallest absolute Gasteiger partial charge is 0.266 e. The number of morpholine rings is 1. The predicted octanol–water partition coefficient (Wildman–Crippen LogP) is 4.35. The quantitative estimate of drug-likeness (QED) is 0.636. The first-order chi connectivity index (χ1) is 14.5. The van der Waals surface area contributed by atoms with Crippen molar-refractivity contribution in [2.45, 2.75) is 19.4 Å². The molecule has 1 N–H and O–H groups in total. The lowest BCUT2D eigenvalue weighted by Crippen LogP contribution is -2.42. The monoisotopic (exact) mass is 442 g/mol. The molecule has 2 aromatic heterocycles. The van der Waals surface area contributed by atoms with Crippen LogP contribution >= 0.6 is 22.9 Å². The fraction of sp³-hybridized carbons (Fsp3) is 0.318. The summed E-state index contributed by atoms with van der Waals surface area (Å²) < 4.78 is 5.91. The van der Waals surface area contributed by atoms with E-state index in [1.54, 1.807) is 7.05 Å². The van der Waals surface area contributed by atoms with Crippen LogP contribution in [0, 0.1) is 6.92 Å². The van der Waals surface area contributed by atoms with Gasteiger partial charge in [-0.3, -0.25) is 9.78 Å². The summed E-state index contributed by atoms with van der Waals surface area (Å²) in [5.74, 6) is -0.00243. The first-order valence-electron chi connectivity index (χ1n) is 9.79. The Hall–Kier alpha value is -2.48. The van der Waals surface area contributed by atoms with Crippen LogP contribution in [0.3, 0.4) is 0 Å². The minimum Gasteiger partial charge on any atom is -0.368 e. The summed E-state index contributed by atoms with van der Waals surface area (Å²) in [7, 11) is 1.80. The maximum Gasteiger partial charge on any atom is 0.266 e. The van der Waals surface area contributed by atoms with Crippen LogP contribution in [0.2, 0.25) is 5.02 Å². The van der Waals surface area contributed by atoms with Gasteiger partial charge in [-0.1, -0.05) is 41.1 Å². The molecule has 8 heteroatoms. The molecule has 3 aromatic rings. The molecule has 30 heavy (non-hydrogen) atoms. The summed E-state index contributed by atoms with van der Waals surface area (Å²) >= 11 is 7.45. The number of hydrogen-bond acceptors (Lipinski definition) is 6. The second-order valence-electron chi connectivity index (χ2n) is 7.19. The zero-order valence-corrected chi connectivity index (χ0v) is 18.5. The number of aromatic nitrogens is 2. The number of nitrogens with one attached hydrogen (secondary N) is 1. The molecular formula is C22H23ClN4O2S. The Morgan fingerprint density at radius 1 is 1.33 bits per heavy atom. The molecule has 1 atom stereocenters. The first-order valence-corrected chi connectivity index (χ1v) is 11.0. The highest BCUT2D eigenvalue weighted by Gasteiger charge is 2.29. The number of amides is 1. The minimum atomic E-state index is -0.236. The van der Waals surface area contributed by atoms with Crippen LogP contribution < -0.4 is 5.32 Å². The van der Waals surface area contributed by atoms with Crippen LogP contribution in [0.15, 0.2) is 42.6 Å². The molecule has 1 aromatic carbocycles. The van der Waals surface area contributed by atoms with E-state index in [0.29, 0.717) is 24.6 Å². The number of ether oxygens (including phenoxy) is 1. The molecule has 4 rings (SSSR count). The van der Waals surface area contributed by atoms with Crippen LogP contribution in [-0.4, -0.2) is 47.5 Å². The summed E-state index contributed by atoms with van der Waals surface area (Å²) in [6.45, 7) is 3.39. The molecule has 0 aliphatic carbocycles. The van der Waals surface area contributed by atoms with Crippen LogP contribution in [0.25, 0.3) is 0 Å². The van der Waals surface area contributed by atoms with Gasteiger partial charge in [0.1, 0.15) is 11.0 Å². The molecule has 1 amide bonds. The summed E-state index contributed by atoms with van der Waals surface area (Å²) in [6, 6.07) is 11.9. The zero-order chi connectivity index (χ0) is 21.1.